The van der Waals surface area contributed by atoms with Gasteiger partial charge >= 0.3 is 17.1 Å². The van der Waals surface area contributed by atoms with Gasteiger partial charge in [0.1, 0.15) is 0 Å². The van der Waals surface area contributed by atoms with Crippen LogP contribution in [0.1, 0.15) is 0 Å². The number of allylic oxidation sites excluding steroid dienone is 2. The molecule has 1 radical (unpaired) electrons. The van der Waals surface area contributed by atoms with Crippen molar-refractivity contribution in [3.8, 4) is 0 Å². The Labute approximate surface area is 218 Å². The van der Waals surface area contributed by atoms with Gasteiger partial charge in [0, 0.05) is 12.4 Å². The predicted octanol–water partition coefficient (Wildman–Crippen LogP) is 9.21. The zero-order valence-electron chi connectivity index (χ0n) is 19.1. The van der Waals surface area contributed by atoms with E-state index in [1.165, 1.54) is 0 Å². The van der Waals surface area contributed by atoms with Crippen LogP contribution in [0.15, 0.2) is 156 Å². The third-order valence-corrected chi connectivity index (χ3v) is 4.26. The van der Waals surface area contributed by atoms with Gasteiger partial charge in [0.05, 0.1) is 11.4 Å². The molecule has 0 unspecified atom stereocenters. The molecule has 0 aliphatic rings. The van der Waals surface area contributed by atoms with Gasteiger partial charge in [-0.1, -0.05) is 109 Å². The molecular weight excluding hydrogens is 480 g/mol. The van der Waals surface area contributed by atoms with Crippen LogP contribution in [0.4, 0.5) is 22.7 Å². The third-order valence-electron chi connectivity index (χ3n) is 4.26. The fourth-order valence-corrected chi connectivity index (χ4v) is 2.65. The summed E-state index contributed by atoms with van der Waals surface area (Å²) in [6, 6.07) is 39.2. The van der Waals surface area contributed by atoms with Crippen LogP contribution in [0.5, 0.6) is 0 Å². The van der Waals surface area contributed by atoms with Crippen molar-refractivity contribution in [3.63, 3.8) is 0 Å². The smallest absolute Gasteiger partial charge is 0.664 e. The molecule has 0 aliphatic carbocycles. The Morgan fingerprint density at radius 1 is 0.429 bits per heavy atom. The largest absolute Gasteiger partial charge is 2.00 e. The second-order valence-electron chi connectivity index (χ2n) is 6.84. The van der Waals surface area contributed by atoms with E-state index in [1.54, 1.807) is 24.8 Å². The minimum Gasteiger partial charge on any atom is -0.664 e. The van der Waals surface area contributed by atoms with Crippen molar-refractivity contribution in [1.82, 2.24) is 0 Å². The molecule has 0 aliphatic heterocycles. The SMILES string of the molecule is C(/C=C\[N-]c1ccccc1)=Nc1ccccc1.C(/C=C\[N-]c1ccccc1)=Nc1ccccc1.[Cu+2]. The Bertz CT molecular complexity index is 1080. The Hall–Kier alpha value is -4.18. The van der Waals surface area contributed by atoms with Crippen molar-refractivity contribution in [1.29, 1.82) is 0 Å². The van der Waals surface area contributed by atoms with Gasteiger partial charge in [0.25, 0.3) is 0 Å². The summed E-state index contributed by atoms with van der Waals surface area (Å²) in [5, 5.41) is 8.53. The van der Waals surface area contributed by atoms with Crippen LogP contribution in [0.2, 0.25) is 0 Å². The van der Waals surface area contributed by atoms with Crippen molar-refractivity contribution >= 4 is 35.2 Å². The second-order valence-corrected chi connectivity index (χ2v) is 6.84. The van der Waals surface area contributed by atoms with Gasteiger partial charge in [-0.05, 0) is 24.3 Å². The maximum Gasteiger partial charge on any atom is 2.00 e. The first-order chi connectivity index (χ1) is 16.9. The van der Waals surface area contributed by atoms with Crippen molar-refractivity contribution in [2.75, 3.05) is 0 Å². The van der Waals surface area contributed by atoms with E-state index >= 15 is 0 Å². The molecule has 4 rings (SSSR count). The average Bonchev–Trinajstić information content (AvgIpc) is 2.91. The number of hydrogen-bond donors (Lipinski definition) is 0. The van der Waals surface area contributed by atoms with Crippen molar-refractivity contribution < 1.29 is 17.1 Å². The van der Waals surface area contributed by atoms with E-state index in [2.05, 4.69) is 20.6 Å². The molecule has 177 valence electrons. The molecule has 5 heteroatoms. The molecule has 0 bridgehead atoms. The van der Waals surface area contributed by atoms with Crippen molar-refractivity contribution in [3.05, 3.63) is 157 Å². The molecule has 0 spiro atoms. The van der Waals surface area contributed by atoms with Crippen LogP contribution in [0.3, 0.4) is 0 Å². The van der Waals surface area contributed by atoms with E-state index in [0.717, 1.165) is 22.7 Å². The fourth-order valence-electron chi connectivity index (χ4n) is 2.65. The molecule has 35 heavy (non-hydrogen) atoms. The summed E-state index contributed by atoms with van der Waals surface area (Å²) >= 11 is 0. The van der Waals surface area contributed by atoms with Crippen LogP contribution in [0, 0.1) is 0 Å². The van der Waals surface area contributed by atoms with Gasteiger partial charge in [-0.2, -0.15) is 12.4 Å². The van der Waals surface area contributed by atoms with Gasteiger partial charge in [0.15, 0.2) is 0 Å². The molecule has 0 saturated heterocycles. The van der Waals surface area contributed by atoms with Gasteiger partial charge < -0.3 is 10.6 Å². The topological polar surface area (TPSA) is 52.9 Å². The molecule has 0 amide bonds. The molecule has 0 fully saturated rings. The van der Waals surface area contributed by atoms with Crippen LogP contribution in [0.25, 0.3) is 10.6 Å². The summed E-state index contributed by atoms with van der Waals surface area (Å²) in [5.41, 5.74) is 3.77. The standard InChI is InChI=1S/2C15H13N2.Cu/c2*1-3-8-14(9-4-1)16-12-7-13-17-15-10-5-2-6-11-15;/h2*1-13H;/q2*-1;+2/b2*12-7-,17-13?;. The van der Waals surface area contributed by atoms with Gasteiger partial charge in [-0.25, -0.2) is 0 Å². The molecule has 4 nitrogen and oxygen atoms in total. The normalized spacial score (nSPS) is 10.7. The number of rotatable bonds is 8. The summed E-state index contributed by atoms with van der Waals surface area (Å²) in [6.45, 7) is 0. The zero-order valence-corrected chi connectivity index (χ0v) is 20.0. The Balaban J connectivity index is 0.000000240. The first-order valence-electron chi connectivity index (χ1n) is 10.9. The Morgan fingerprint density at radius 2 is 0.743 bits per heavy atom. The van der Waals surface area contributed by atoms with Crippen LogP contribution < -0.4 is 0 Å². The number of benzene rings is 4. The van der Waals surface area contributed by atoms with Crippen LogP contribution in [-0.2, 0) is 17.1 Å². The molecule has 0 heterocycles. The minimum atomic E-state index is 0. The van der Waals surface area contributed by atoms with E-state index in [1.807, 2.05) is 133 Å². The Morgan fingerprint density at radius 3 is 1.09 bits per heavy atom. The molecule has 0 atom stereocenters. The van der Waals surface area contributed by atoms with Crippen LogP contribution >= 0.6 is 0 Å². The second kappa shape index (κ2) is 17.3. The number of aliphatic imine (C=N–C) groups is 2. The zero-order chi connectivity index (χ0) is 23.5. The van der Waals surface area contributed by atoms with E-state index < -0.39 is 0 Å². The molecule has 0 saturated carbocycles. The maximum absolute atomic E-state index is 4.27. The molecule has 0 aromatic heterocycles. The summed E-state index contributed by atoms with van der Waals surface area (Å²) < 4.78 is 0. The Kier molecular flexibility index (Phi) is 13.4. The number of hydrogen-bond acceptors (Lipinski definition) is 2. The van der Waals surface area contributed by atoms with Crippen LogP contribution in [-0.4, -0.2) is 12.4 Å². The first-order valence-corrected chi connectivity index (χ1v) is 10.9. The molecule has 0 N–H and O–H groups in total. The quantitative estimate of drug-likeness (QED) is 0.169. The van der Waals surface area contributed by atoms with Crippen molar-refractivity contribution in [2.24, 2.45) is 9.98 Å². The van der Waals surface area contributed by atoms with E-state index in [0.29, 0.717) is 0 Å². The summed E-state index contributed by atoms with van der Waals surface area (Å²) in [6.07, 6.45) is 10.6. The van der Waals surface area contributed by atoms with E-state index in [4.69, 9.17) is 0 Å². The van der Waals surface area contributed by atoms with Gasteiger partial charge in [0.2, 0.25) is 0 Å². The van der Waals surface area contributed by atoms with E-state index in [9.17, 15) is 0 Å². The van der Waals surface area contributed by atoms with E-state index in [-0.39, 0.29) is 17.1 Å². The van der Waals surface area contributed by atoms with Gasteiger partial charge in [-0.15, -0.1) is 11.4 Å². The first kappa shape index (κ1) is 27.1. The molecular formula is C30H26CuN4. The number of nitrogens with zero attached hydrogens (tertiary/aromatic N) is 4. The van der Waals surface area contributed by atoms with Gasteiger partial charge in [-0.3, -0.25) is 9.98 Å². The van der Waals surface area contributed by atoms with Crippen molar-refractivity contribution in [2.45, 2.75) is 0 Å². The minimum absolute atomic E-state index is 0. The number of para-hydroxylation sites is 4. The fraction of sp³-hybridized carbons (Fsp3) is 0. The monoisotopic (exact) mass is 505 g/mol. The average molecular weight is 506 g/mol. The maximum atomic E-state index is 4.27. The summed E-state index contributed by atoms with van der Waals surface area (Å²) in [5.74, 6) is 0. The third kappa shape index (κ3) is 12.0. The summed E-state index contributed by atoms with van der Waals surface area (Å²) in [7, 11) is 0. The molecule has 4 aromatic carbocycles. The predicted molar refractivity (Wildman–Crippen MR) is 146 cm³/mol. The summed E-state index contributed by atoms with van der Waals surface area (Å²) in [4.78, 5) is 8.53. The molecule has 4 aromatic rings.